The van der Waals surface area contributed by atoms with Crippen LogP contribution in [-0.4, -0.2) is 30.8 Å². The molecule has 1 atom stereocenters. The number of nitrogens with zero attached hydrogens (tertiary/aromatic N) is 7. The van der Waals surface area contributed by atoms with Gasteiger partial charge in [0.15, 0.2) is 29.9 Å². The maximum absolute atomic E-state index is 11.4. The third-order valence-electron chi connectivity index (χ3n) is 5.88. The smallest absolute Gasteiger partial charge is 0.181 e. The average molecular weight is 377 g/mol. The van der Waals surface area contributed by atoms with Crippen molar-refractivity contribution < 1.29 is 4.73 Å². The van der Waals surface area contributed by atoms with Crippen molar-refractivity contribution in [2.45, 2.75) is 58.0 Å². The molecule has 1 fully saturated rings. The first-order valence-electron chi connectivity index (χ1n) is 9.94. The Labute approximate surface area is 163 Å². The Morgan fingerprint density at radius 1 is 1.18 bits per heavy atom. The van der Waals surface area contributed by atoms with E-state index in [1.54, 1.807) is 12.1 Å². The number of fused-ring (bicyclic) bond motifs is 3. The van der Waals surface area contributed by atoms with E-state index in [0.29, 0.717) is 11.9 Å². The molecule has 1 aliphatic carbocycles. The van der Waals surface area contributed by atoms with Gasteiger partial charge in [-0.2, -0.15) is 4.73 Å². The van der Waals surface area contributed by atoms with Crippen molar-refractivity contribution in [2.75, 3.05) is 4.90 Å². The van der Waals surface area contributed by atoms with E-state index in [-0.39, 0.29) is 6.04 Å². The zero-order valence-corrected chi connectivity index (χ0v) is 16.1. The van der Waals surface area contributed by atoms with Gasteiger partial charge in [-0.1, -0.05) is 19.8 Å². The molecule has 0 saturated heterocycles. The zero-order chi connectivity index (χ0) is 19.3. The van der Waals surface area contributed by atoms with Gasteiger partial charge in [0.1, 0.15) is 11.5 Å². The normalized spacial score (nSPS) is 18.9. The largest absolute Gasteiger partial charge is 0.619 e. The molecule has 1 saturated carbocycles. The van der Waals surface area contributed by atoms with Crippen LogP contribution in [0.5, 0.6) is 0 Å². The highest BCUT2D eigenvalue weighted by atomic mass is 16.5. The highest BCUT2D eigenvalue weighted by Gasteiger charge is 2.39. The van der Waals surface area contributed by atoms with E-state index < -0.39 is 0 Å². The standard InChI is InChI=1S/C20H23N7O/c1-3-16-20-24-23-13(2)26(20)17-12-21-18(14-8-10-25(28)11-9-14)22-19(17)27(16)15-6-4-5-7-15/h8-12,15-16H,3-7H2,1-2H3. The summed E-state index contributed by atoms with van der Waals surface area (Å²) in [5.41, 5.74) is 1.77. The Balaban J connectivity index is 1.70. The van der Waals surface area contributed by atoms with E-state index in [0.717, 1.165) is 39.9 Å². The Bertz CT molecular complexity index is 1010. The van der Waals surface area contributed by atoms with Crippen molar-refractivity contribution in [1.82, 2.24) is 24.7 Å². The summed E-state index contributed by atoms with van der Waals surface area (Å²) >= 11 is 0. The van der Waals surface area contributed by atoms with E-state index >= 15 is 0 Å². The lowest BCUT2D eigenvalue weighted by Gasteiger charge is -2.41. The molecule has 0 spiro atoms. The fourth-order valence-corrected chi connectivity index (χ4v) is 4.57. The fraction of sp³-hybridized carbons (Fsp3) is 0.450. The van der Waals surface area contributed by atoms with Gasteiger partial charge in [0.05, 0.1) is 12.2 Å². The molecule has 3 aromatic heterocycles. The van der Waals surface area contributed by atoms with Crippen LogP contribution in [0.4, 0.5) is 5.82 Å². The van der Waals surface area contributed by atoms with Crippen LogP contribution in [0.2, 0.25) is 0 Å². The predicted molar refractivity (Wildman–Crippen MR) is 104 cm³/mol. The predicted octanol–water partition coefficient (Wildman–Crippen LogP) is 2.88. The highest BCUT2D eigenvalue weighted by molar-refractivity contribution is 5.66. The van der Waals surface area contributed by atoms with Gasteiger partial charge < -0.3 is 10.1 Å². The second-order valence-electron chi connectivity index (χ2n) is 7.56. The van der Waals surface area contributed by atoms with Crippen LogP contribution >= 0.6 is 0 Å². The van der Waals surface area contributed by atoms with E-state index in [1.807, 2.05) is 13.1 Å². The molecule has 2 aliphatic rings. The van der Waals surface area contributed by atoms with Crippen LogP contribution in [0.15, 0.2) is 30.7 Å². The Morgan fingerprint density at radius 2 is 1.93 bits per heavy atom. The summed E-state index contributed by atoms with van der Waals surface area (Å²) in [6.45, 7) is 4.16. The molecule has 1 aliphatic heterocycles. The maximum Gasteiger partial charge on any atom is 0.181 e. The molecule has 0 radical (unpaired) electrons. The molecule has 28 heavy (non-hydrogen) atoms. The SMILES string of the molecule is CCC1c2nnc(C)n2-c2cnc(-c3cc[n+]([O-])cc3)nc2N1C1CCCC1. The summed E-state index contributed by atoms with van der Waals surface area (Å²) in [5, 5.41) is 20.2. The second-order valence-corrected chi connectivity index (χ2v) is 7.56. The number of hydrogen-bond donors (Lipinski definition) is 0. The summed E-state index contributed by atoms with van der Waals surface area (Å²) in [4.78, 5) is 12.0. The van der Waals surface area contributed by atoms with E-state index in [2.05, 4.69) is 31.6 Å². The summed E-state index contributed by atoms with van der Waals surface area (Å²) in [6.07, 6.45) is 10.6. The van der Waals surface area contributed by atoms with Crippen LogP contribution in [0.1, 0.15) is 56.7 Å². The van der Waals surface area contributed by atoms with E-state index in [9.17, 15) is 5.21 Å². The van der Waals surface area contributed by atoms with Gasteiger partial charge >= 0.3 is 0 Å². The number of aryl methyl sites for hydroxylation is 1. The summed E-state index contributed by atoms with van der Waals surface area (Å²) in [6, 6.07) is 4.12. The summed E-state index contributed by atoms with van der Waals surface area (Å²) in [7, 11) is 0. The lowest BCUT2D eigenvalue weighted by atomic mass is 10.0. The van der Waals surface area contributed by atoms with Crippen molar-refractivity contribution >= 4 is 5.82 Å². The summed E-state index contributed by atoms with van der Waals surface area (Å²) in [5.74, 6) is 3.40. The molecule has 144 valence electrons. The van der Waals surface area contributed by atoms with Gasteiger partial charge in [0.2, 0.25) is 0 Å². The second kappa shape index (κ2) is 6.54. The van der Waals surface area contributed by atoms with E-state index in [4.69, 9.17) is 4.98 Å². The van der Waals surface area contributed by atoms with Crippen molar-refractivity contribution in [1.29, 1.82) is 0 Å². The molecule has 0 N–H and O–H groups in total. The Morgan fingerprint density at radius 3 is 2.64 bits per heavy atom. The Hall–Kier alpha value is -3.03. The molecular weight excluding hydrogens is 354 g/mol. The summed E-state index contributed by atoms with van der Waals surface area (Å²) < 4.78 is 2.86. The number of aromatic nitrogens is 6. The molecule has 0 amide bonds. The molecule has 3 aromatic rings. The molecule has 8 heteroatoms. The van der Waals surface area contributed by atoms with Crippen molar-refractivity contribution in [2.24, 2.45) is 0 Å². The van der Waals surface area contributed by atoms with E-state index in [1.165, 1.54) is 38.1 Å². The number of rotatable bonds is 3. The van der Waals surface area contributed by atoms with Gasteiger partial charge in [-0.3, -0.25) is 4.57 Å². The van der Waals surface area contributed by atoms with Gasteiger partial charge in [0, 0.05) is 23.7 Å². The fourth-order valence-electron chi connectivity index (χ4n) is 4.57. The Kier molecular flexibility index (Phi) is 3.99. The molecule has 5 rings (SSSR count). The molecule has 0 bridgehead atoms. The molecule has 8 nitrogen and oxygen atoms in total. The molecule has 0 aromatic carbocycles. The highest BCUT2D eigenvalue weighted by Crippen LogP contribution is 2.43. The lowest BCUT2D eigenvalue weighted by molar-refractivity contribution is -0.605. The van der Waals surface area contributed by atoms with Gasteiger partial charge in [-0.05, 0) is 26.2 Å². The minimum atomic E-state index is 0.152. The zero-order valence-electron chi connectivity index (χ0n) is 16.1. The van der Waals surface area contributed by atoms with Crippen LogP contribution in [0.25, 0.3) is 17.1 Å². The quantitative estimate of drug-likeness (QED) is 0.515. The van der Waals surface area contributed by atoms with Gasteiger partial charge in [0.25, 0.3) is 0 Å². The van der Waals surface area contributed by atoms with Crippen LogP contribution in [0.3, 0.4) is 0 Å². The third kappa shape index (κ3) is 2.55. The van der Waals surface area contributed by atoms with Crippen LogP contribution in [-0.2, 0) is 0 Å². The monoisotopic (exact) mass is 377 g/mol. The molecule has 1 unspecified atom stereocenters. The minimum absolute atomic E-state index is 0.152. The lowest BCUT2D eigenvalue weighted by Crippen LogP contribution is -2.42. The molecular formula is C20H23N7O. The van der Waals surface area contributed by atoms with Crippen molar-refractivity contribution in [3.8, 4) is 17.1 Å². The first-order valence-corrected chi connectivity index (χ1v) is 9.94. The van der Waals surface area contributed by atoms with Crippen molar-refractivity contribution in [3.63, 3.8) is 0 Å². The van der Waals surface area contributed by atoms with Crippen LogP contribution in [0, 0.1) is 12.1 Å². The first-order chi connectivity index (χ1) is 13.7. The van der Waals surface area contributed by atoms with Gasteiger partial charge in [-0.15, -0.1) is 10.2 Å². The number of hydrogen-bond acceptors (Lipinski definition) is 6. The first kappa shape index (κ1) is 17.1. The van der Waals surface area contributed by atoms with Crippen LogP contribution < -0.4 is 9.63 Å². The topological polar surface area (TPSA) is 86.7 Å². The minimum Gasteiger partial charge on any atom is -0.619 e. The average Bonchev–Trinajstić information content (AvgIpc) is 3.37. The van der Waals surface area contributed by atoms with Crippen molar-refractivity contribution in [3.05, 3.63) is 47.6 Å². The maximum atomic E-state index is 11.4. The third-order valence-corrected chi connectivity index (χ3v) is 5.88. The molecule has 4 heterocycles. The number of pyridine rings is 1. The van der Waals surface area contributed by atoms with Gasteiger partial charge in [-0.25, -0.2) is 9.97 Å². The number of anilines is 1.